The number of hydrogen-bond acceptors (Lipinski definition) is 7. The zero-order valence-electron chi connectivity index (χ0n) is 19.8. The highest BCUT2D eigenvalue weighted by atomic mass is 19.4. The van der Waals surface area contributed by atoms with E-state index in [1.807, 2.05) is 6.92 Å². The number of rotatable bonds is 7. The number of H-pyrrole nitrogens is 1. The Balaban J connectivity index is 0.000000321. The summed E-state index contributed by atoms with van der Waals surface area (Å²) >= 11 is 0. The lowest BCUT2D eigenvalue weighted by molar-refractivity contribution is -0.274. The van der Waals surface area contributed by atoms with E-state index in [9.17, 15) is 18.0 Å². The van der Waals surface area contributed by atoms with Gasteiger partial charge in [0.25, 0.3) is 5.91 Å². The Bertz CT molecular complexity index is 1010. The van der Waals surface area contributed by atoms with Crippen molar-refractivity contribution in [1.29, 1.82) is 0 Å². The highest BCUT2D eigenvalue weighted by molar-refractivity contribution is 5.90. The maximum Gasteiger partial charge on any atom is 0.573 e. The first-order valence-corrected chi connectivity index (χ1v) is 10.3. The molecule has 188 valence electrons. The van der Waals surface area contributed by atoms with Crippen LogP contribution in [0.1, 0.15) is 42.3 Å². The first-order chi connectivity index (χ1) is 16.0. The number of ether oxygens (including phenoxy) is 3. The van der Waals surface area contributed by atoms with Crippen molar-refractivity contribution >= 4 is 16.9 Å². The number of hydrogen-bond donors (Lipinski definition) is 2. The van der Waals surface area contributed by atoms with Crippen LogP contribution in [0, 0.1) is 6.92 Å². The number of aromatic amines is 1. The van der Waals surface area contributed by atoms with Crippen LogP contribution in [0.15, 0.2) is 30.6 Å². The summed E-state index contributed by atoms with van der Waals surface area (Å²) in [5.74, 6) is -0.156. The molecule has 2 aromatic heterocycles. The van der Waals surface area contributed by atoms with Crippen molar-refractivity contribution in [3.05, 3.63) is 47.8 Å². The Labute approximate surface area is 195 Å². The molecular weight excluding hydrogens is 455 g/mol. The molecule has 0 aliphatic rings. The van der Waals surface area contributed by atoms with Crippen molar-refractivity contribution in [3.63, 3.8) is 0 Å². The molecule has 1 amide bonds. The van der Waals surface area contributed by atoms with Gasteiger partial charge >= 0.3 is 6.36 Å². The number of nitrogens with one attached hydrogen (secondary N) is 1. The molecule has 12 heteroatoms. The van der Waals surface area contributed by atoms with Gasteiger partial charge in [-0.2, -0.15) is 0 Å². The number of amides is 1. The van der Waals surface area contributed by atoms with Gasteiger partial charge in [-0.15, -0.1) is 13.2 Å². The molecule has 0 unspecified atom stereocenters. The van der Waals surface area contributed by atoms with E-state index in [2.05, 4.69) is 31.6 Å². The van der Waals surface area contributed by atoms with Gasteiger partial charge in [0.1, 0.15) is 17.3 Å². The molecule has 3 aromatic rings. The van der Waals surface area contributed by atoms with E-state index in [4.69, 9.17) is 15.2 Å². The molecule has 0 saturated heterocycles. The summed E-state index contributed by atoms with van der Waals surface area (Å²) in [6, 6.07) is 3.99. The fourth-order valence-electron chi connectivity index (χ4n) is 2.41. The van der Waals surface area contributed by atoms with Crippen LogP contribution < -0.4 is 10.5 Å². The van der Waals surface area contributed by atoms with Crippen LogP contribution in [-0.4, -0.2) is 59.1 Å². The Morgan fingerprint density at radius 3 is 2.38 bits per heavy atom. The van der Waals surface area contributed by atoms with Crippen LogP contribution >= 0.6 is 0 Å². The molecule has 0 aliphatic heterocycles. The molecular formula is C22H30F3N5O4. The highest BCUT2D eigenvalue weighted by Gasteiger charge is 2.31. The predicted molar refractivity (Wildman–Crippen MR) is 120 cm³/mol. The number of halogens is 3. The predicted octanol–water partition coefficient (Wildman–Crippen LogP) is 3.97. The van der Waals surface area contributed by atoms with Gasteiger partial charge in [-0.05, 0) is 32.4 Å². The number of imidazole rings is 1. The van der Waals surface area contributed by atoms with E-state index in [1.54, 1.807) is 21.1 Å². The van der Waals surface area contributed by atoms with E-state index < -0.39 is 12.3 Å². The maximum absolute atomic E-state index is 12.1. The van der Waals surface area contributed by atoms with Gasteiger partial charge in [-0.1, -0.05) is 6.92 Å². The van der Waals surface area contributed by atoms with E-state index in [-0.39, 0.29) is 17.5 Å². The van der Waals surface area contributed by atoms with Gasteiger partial charge in [0.05, 0.1) is 29.0 Å². The number of nitrogens with two attached hydrogens (primary N) is 1. The molecule has 0 fully saturated rings. The summed E-state index contributed by atoms with van der Waals surface area (Å²) < 4.78 is 49.9. The number of carbonyl (C=O) groups excluding carboxylic acids is 1. The Hall–Kier alpha value is -3.25. The largest absolute Gasteiger partial charge is 0.573 e. The molecule has 0 spiro atoms. The SMILES string of the molecule is CCCOC.CO[C@H](C)Cc1nc2ccc(OC(F)(F)F)cc2[nH]1.Cc1cnc(C(N)=O)cn1. The van der Waals surface area contributed by atoms with Gasteiger partial charge in [0.15, 0.2) is 0 Å². The number of aromatic nitrogens is 4. The minimum atomic E-state index is -4.69. The molecule has 1 atom stereocenters. The van der Waals surface area contributed by atoms with E-state index >= 15 is 0 Å². The summed E-state index contributed by atoms with van der Waals surface area (Å²) in [6.45, 7) is 6.65. The zero-order chi connectivity index (χ0) is 25.7. The van der Waals surface area contributed by atoms with Gasteiger partial charge in [-0.25, -0.2) is 9.97 Å². The number of nitrogens with zero attached hydrogens (tertiary/aromatic N) is 3. The number of carbonyl (C=O) groups is 1. The highest BCUT2D eigenvalue weighted by Crippen LogP contribution is 2.25. The summed E-state index contributed by atoms with van der Waals surface area (Å²) in [5, 5.41) is 0. The summed E-state index contributed by atoms with van der Waals surface area (Å²) in [6.07, 6.45) is -0.179. The first-order valence-electron chi connectivity index (χ1n) is 10.3. The number of primary amides is 1. The minimum absolute atomic E-state index is 0.0218. The Morgan fingerprint density at radius 1 is 1.21 bits per heavy atom. The maximum atomic E-state index is 12.1. The average Bonchev–Trinajstić information content (AvgIpc) is 3.15. The quantitative estimate of drug-likeness (QED) is 0.519. The number of fused-ring (bicyclic) bond motifs is 1. The molecule has 1 aromatic carbocycles. The van der Waals surface area contributed by atoms with Crippen molar-refractivity contribution in [2.45, 2.75) is 46.1 Å². The number of alkyl halides is 3. The molecule has 0 radical (unpaired) electrons. The van der Waals surface area contributed by atoms with E-state index in [0.29, 0.717) is 23.3 Å². The molecule has 3 N–H and O–H groups in total. The minimum Gasteiger partial charge on any atom is -0.406 e. The van der Waals surface area contributed by atoms with Crippen molar-refractivity contribution < 1.29 is 32.2 Å². The van der Waals surface area contributed by atoms with Crippen LogP contribution in [0.2, 0.25) is 0 Å². The third-order valence-corrected chi connectivity index (χ3v) is 4.06. The lowest BCUT2D eigenvalue weighted by atomic mass is 10.3. The first kappa shape index (κ1) is 28.8. The van der Waals surface area contributed by atoms with Gasteiger partial charge in [0, 0.05) is 39.5 Å². The Morgan fingerprint density at radius 2 is 1.91 bits per heavy atom. The van der Waals surface area contributed by atoms with Crippen molar-refractivity contribution in [3.8, 4) is 5.75 Å². The standard InChI is InChI=1S/C12H13F3N2O2.C6H7N3O.C4H10O/c1-7(18-2)5-11-16-9-4-3-8(6-10(9)17-11)19-12(13,14)15;1-4-2-9-5(3-8-4)6(7)10;1-3-4-5-2/h3-4,6-7H,5H2,1-2H3,(H,16,17);2-3H,1H3,(H2,7,10);3-4H2,1-2H3/t7-;;/m1../s1. The number of methoxy groups -OCH3 is 2. The molecule has 0 saturated carbocycles. The third kappa shape index (κ3) is 11.1. The van der Waals surface area contributed by atoms with Gasteiger partial charge in [-0.3, -0.25) is 9.78 Å². The van der Waals surface area contributed by atoms with Crippen molar-refractivity contribution in [1.82, 2.24) is 19.9 Å². The fraction of sp³-hybridized carbons (Fsp3) is 0.455. The molecule has 0 bridgehead atoms. The van der Waals surface area contributed by atoms with E-state index in [1.165, 1.54) is 30.6 Å². The van der Waals surface area contributed by atoms with Crippen molar-refractivity contribution in [2.24, 2.45) is 5.73 Å². The topological polar surface area (TPSA) is 125 Å². The second-order valence-corrected chi connectivity index (χ2v) is 7.06. The second-order valence-electron chi connectivity index (χ2n) is 7.06. The lowest BCUT2D eigenvalue weighted by Crippen LogP contribution is -2.16. The average molecular weight is 486 g/mol. The molecule has 3 rings (SSSR count). The molecule has 9 nitrogen and oxygen atoms in total. The monoisotopic (exact) mass is 485 g/mol. The lowest BCUT2D eigenvalue weighted by Gasteiger charge is -2.07. The Kier molecular flexibility index (Phi) is 11.9. The molecule has 34 heavy (non-hydrogen) atoms. The second kappa shape index (κ2) is 14.1. The van der Waals surface area contributed by atoms with Gasteiger partial charge in [0.2, 0.25) is 0 Å². The number of benzene rings is 1. The van der Waals surface area contributed by atoms with E-state index in [0.717, 1.165) is 18.7 Å². The normalized spacial score (nSPS) is 11.6. The summed E-state index contributed by atoms with van der Waals surface area (Å²) in [5.41, 5.74) is 6.98. The van der Waals surface area contributed by atoms with Crippen LogP contribution in [0.5, 0.6) is 5.75 Å². The van der Waals surface area contributed by atoms with Crippen LogP contribution in [-0.2, 0) is 15.9 Å². The third-order valence-electron chi connectivity index (χ3n) is 4.06. The fourth-order valence-corrected chi connectivity index (χ4v) is 2.41. The summed E-state index contributed by atoms with van der Waals surface area (Å²) in [4.78, 5) is 25.2. The van der Waals surface area contributed by atoms with Gasteiger partial charge < -0.3 is 24.9 Å². The molecule has 0 aliphatic carbocycles. The zero-order valence-corrected chi connectivity index (χ0v) is 19.8. The van der Waals surface area contributed by atoms with Crippen LogP contribution in [0.4, 0.5) is 13.2 Å². The molecule has 2 heterocycles. The van der Waals surface area contributed by atoms with Crippen LogP contribution in [0.25, 0.3) is 11.0 Å². The number of aryl methyl sites for hydroxylation is 1. The van der Waals surface area contributed by atoms with Crippen molar-refractivity contribution in [2.75, 3.05) is 20.8 Å². The summed E-state index contributed by atoms with van der Waals surface area (Å²) in [7, 11) is 3.30. The smallest absolute Gasteiger partial charge is 0.406 e. The van der Waals surface area contributed by atoms with Crippen LogP contribution in [0.3, 0.4) is 0 Å².